The third kappa shape index (κ3) is 3.97. The Labute approximate surface area is 176 Å². The Morgan fingerprint density at radius 2 is 1.71 bits per heavy atom. The Kier molecular flexibility index (Phi) is 5.16. The molecule has 9 heteroatoms. The van der Waals surface area contributed by atoms with Crippen LogP contribution in [0.1, 0.15) is 11.1 Å². The van der Waals surface area contributed by atoms with Crippen LogP contribution < -0.4 is 21.6 Å². The maximum absolute atomic E-state index is 12.3. The number of aromatic nitrogens is 4. The smallest absolute Gasteiger partial charge is 0.332 e. The highest BCUT2D eigenvalue weighted by molar-refractivity contribution is 5.78. The molecule has 0 radical (unpaired) electrons. The number of fused-ring (bicyclic) bond motifs is 1. The molecule has 2 aromatic carbocycles. The van der Waals surface area contributed by atoms with Crippen LogP contribution >= 0.6 is 0 Å². The van der Waals surface area contributed by atoms with Gasteiger partial charge in [0.05, 0.1) is 6.42 Å². The van der Waals surface area contributed by atoms with Gasteiger partial charge in [-0.05, 0) is 36.8 Å². The molecule has 4 rings (SSSR count). The van der Waals surface area contributed by atoms with Crippen LogP contribution in [0.3, 0.4) is 0 Å². The van der Waals surface area contributed by atoms with Crippen molar-refractivity contribution in [1.29, 1.82) is 0 Å². The number of H-pyrrole nitrogens is 1. The van der Waals surface area contributed by atoms with Gasteiger partial charge in [0.15, 0.2) is 11.4 Å². The molecule has 158 valence electrons. The maximum atomic E-state index is 12.3. The first kappa shape index (κ1) is 20.1. The topological polar surface area (TPSA) is 111 Å². The molecule has 0 unspecified atom stereocenters. The van der Waals surface area contributed by atoms with Crippen LogP contribution in [-0.4, -0.2) is 25.0 Å². The molecule has 9 nitrogen and oxygen atoms in total. The molecule has 2 heterocycles. The maximum Gasteiger partial charge on any atom is 0.332 e. The molecule has 1 amide bonds. The van der Waals surface area contributed by atoms with Gasteiger partial charge in [-0.15, -0.1) is 0 Å². The number of hydrogen-bond donors (Lipinski definition) is 2. The van der Waals surface area contributed by atoms with Crippen LogP contribution in [0.15, 0.2) is 58.1 Å². The molecule has 0 saturated carbocycles. The van der Waals surface area contributed by atoms with Gasteiger partial charge in [0, 0.05) is 19.7 Å². The van der Waals surface area contributed by atoms with Crippen LogP contribution in [0.2, 0.25) is 0 Å². The number of aryl methyl sites for hydroxylation is 2. The lowest BCUT2D eigenvalue weighted by Gasteiger charge is -2.08. The Morgan fingerprint density at radius 1 is 1.03 bits per heavy atom. The summed E-state index contributed by atoms with van der Waals surface area (Å²) < 4.78 is 2.35. The van der Waals surface area contributed by atoms with E-state index in [1.807, 2.05) is 31.2 Å². The highest BCUT2D eigenvalue weighted by atomic mass is 16.7. The lowest BCUT2D eigenvalue weighted by molar-refractivity contribution is -0.126. The molecule has 31 heavy (non-hydrogen) atoms. The van der Waals surface area contributed by atoms with Crippen molar-refractivity contribution in [3.63, 3.8) is 0 Å². The normalized spacial score (nSPS) is 10.9. The summed E-state index contributed by atoms with van der Waals surface area (Å²) in [7, 11) is 2.98. The Balaban J connectivity index is 1.47. The standard InChI is InChI=1S/C22H21N5O4/c1-13-4-6-14(7-5-13)12-17(28)25-31-16-10-8-15(9-11-16)19-23-18-20(24-19)26(2)22(30)27(3)21(18)29/h4-11H,12H2,1-3H3,(H,23,24)(H,25,28). The number of hydrogen-bond acceptors (Lipinski definition) is 5. The SMILES string of the molecule is Cc1ccc(CC(=O)NOc2ccc(-c3nc4c([nH]3)c(=O)n(C)c(=O)n4C)cc2)cc1. The Hall–Kier alpha value is -4.14. The molecule has 0 spiro atoms. The summed E-state index contributed by atoms with van der Waals surface area (Å²) in [5, 5.41) is 0. The van der Waals surface area contributed by atoms with Crippen LogP contribution in [-0.2, 0) is 25.3 Å². The number of carbonyl (C=O) groups is 1. The zero-order chi connectivity index (χ0) is 22.1. The first-order valence-electron chi connectivity index (χ1n) is 9.61. The van der Waals surface area contributed by atoms with Crippen molar-refractivity contribution in [3.8, 4) is 17.1 Å². The summed E-state index contributed by atoms with van der Waals surface area (Å²) in [6.45, 7) is 1.99. The second kappa shape index (κ2) is 7.94. The lowest BCUT2D eigenvalue weighted by Crippen LogP contribution is -2.36. The van der Waals surface area contributed by atoms with Crippen molar-refractivity contribution in [2.75, 3.05) is 0 Å². The Morgan fingerprint density at radius 3 is 2.39 bits per heavy atom. The number of carbonyl (C=O) groups excluding carboxylic acids is 1. The van der Waals surface area contributed by atoms with E-state index in [9.17, 15) is 14.4 Å². The predicted molar refractivity (Wildman–Crippen MR) is 116 cm³/mol. The quantitative estimate of drug-likeness (QED) is 0.477. The van der Waals surface area contributed by atoms with E-state index >= 15 is 0 Å². The van der Waals surface area contributed by atoms with Crippen molar-refractivity contribution < 1.29 is 9.63 Å². The summed E-state index contributed by atoms with van der Waals surface area (Å²) in [5.41, 5.74) is 4.81. The van der Waals surface area contributed by atoms with Gasteiger partial charge in [0.1, 0.15) is 11.3 Å². The van der Waals surface area contributed by atoms with E-state index in [1.54, 1.807) is 31.3 Å². The molecule has 0 aliphatic heterocycles. The number of nitrogens with zero attached hydrogens (tertiary/aromatic N) is 3. The third-order valence-electron chi connectivity index (χ3n) is 4.99. The molecule has 4 aromatic rings. The Bertz CT molecular complexity index is 1380. The number of aromatic amines is 1. The summed E-state index contributed by atoms with van der Waals surface area (Å²) in [4.78, 5) is 49.2. The van der Waals surface area contributed by atoms with Gasteiger partial charge >= 0.3 is 5.69 Å². The van der Waals surface area contributed by atoms with Crippen molar-refractivity contribution in [3.05, 3.63) is 80.5 Å². The van der Waals surface area contributed by atoms with Crippen LogP contribution in [0.25, 0.3) is 22.6 Å². The molecular weight excluding hydrogens is 398 g/mol. The average Bonchev–Trinajstić information content (AvgIpc) is 3.22. The van der Waals surface area contributed by atoms with Crippen LogP contribution in [0.5, 0.6) is 5.75 Å². The fraction of sp³-hybridized carbons (Fsp3) is 0.182. The fourth-order valence-electron chi connectivity index (χ4n) is 3.19. The van der Waals surface area contributed by atoms with Crippen molar-refractivity contribution >= 4 is 17.1 Å². The van der Waals surface area contributed by atoms with E-state index in [4.69, 9.17) is 4.84 Å². The summed E-state index contributed by atoms with van der Waals surface area (Å²) in [6.07, 6.45) is 0.213. The number of imidazole rings is 1. The fourth-order valence-corrected chi connectivity index (χ4v) is 3.19. The van der Waals surface area contributed by atoms with E-state index < -0.39 is 11.2 Å². The first-order chi connectivity index (χ1) is 14.8. The number of amides is 1. The lowest BCUT2D eigenvalue weighted by atomic mass is 10.1. The molecule has 0 atom stereocenters. The molecule has 0 aliphatic rings. The van der Waals surface area contributed by atoms with Gasteiger partial charge in [-0.3, -0.25) is 18.7 Å². The van der Waals surface area contributed by atoms with E-state index in [1.165, 1.54) is 11.6 Å². The van der Waals surface area contributed by atoms with Gasteiger partial charge in [-0.1, -0.05) is 29.8 Å². The summed E-state index contributed by atoms with van der Waals surface area (Å²) in [6, 6.07) is 14.5. The monoisotopic (exact) mass is 419 g/mol. The number of nitrogens with one attached hydrogen (secondary N) is 2. The summed E-state index contributed by atoms with van der Waals surface area (Å²) in [5.74, 6) is 0.630. The largest absolute Gasteiger partial charge is 0.380 e. The van der Waals surface area contributed by atoms with Crippen LogP contribution in [0.4, 0.5) is 0 Å². The average molecular weight is 419 g/mol. The predicted octanol–water partition coefficient (Wildman–Crippen LogP) is 1.59. The van der Waals surface area contributed by atoms with Gasteiger partial charge in [-0.25, -0.2) is 9.78 Å². The molecule has 0 saturated heterocycles. The minimum atomic E-state index is -0.444. The van der Waals surface area contributed by atoms with E-state index in [-0.39, 0.29) is 23.5 Å². The molecule has 2 aromatic heterocycles. The minimum Gasteiger partial charge on any atom is -0.380 e. The molecule has 2 N–H and O–H groups in total. The number of rotatable bonds is 5. The summed E-state index contributed by atoms with van der Waals surface area (Å²) >= 11 is 0. The van der Waals surface area contributed by atoms with Crippen LogP contribution in [0, 0.1) is 6.92 Å². The molecule has 0 fully saturated rings. The van der Waals surface area contributed by atoms with Gasteiger partial charge < -0.3 is 9.82 Å². The van der Waals surface area contributed by atoms with Crippen molar-refractivity contribution in [1.82, 2.24) is 24.6 Å². The minimum absolute atomic E-state index is 0.213. The first-order valence-corrected chi connectivity index (χ1v) is 9.61. The molecule has 0 bridgehead atoms. The highest BCUT2D eigenvalue weighted by Gasteiger charge is 2.14. The number of benzene rings is 2. The molecule has 0 aliphatic carbocycles. The zero-order valence-electron chi connectivity index (χ0n) is 17.3. The second-order valence-electron chi connectivity index (χ2n) is 7.30. The van der Waals surface area contributed by atoms with Gasteiger partial charge in [0.2, 0.25) is 0 Å². The van der Waals surface area contributed by atoms with E-state index in [0.29, 0.717) is 17.1 Å². The second-order valence-corrected chi connectivity index (χ2v) is 7.30. The van der Waals surface area contributed by atoms with E-state index in [2.05, 4.69) is 15.4 Å². The zero-order valence-corrected chi connectivity index (χ0v) is 17.3. The van der Waals surface area contributed by atoms with Gasteiger partial charge in [-0.2, -0.15) is 5.48 Å². The van der Waals surface area contributed by atoms with Crippen molar-refractivity contribution in [2.24, 2.45) is 14.1 Å². The molecular formula is C22H21N5O4. The highest BCUT2D eigenvalue weighted by Crippen LogP contribution is 2.21. The number of hydroxylamine groups is 1. The third-order valence-corrected chi connectivity index (χ3v) is 4.99. The van der Waals surface area contributed by atoms with Gasteiger partial charge in [0.25, 0.3) is 11.5 Å². The van der Waals surface area contributed by atoms with E-state index in [0.717, 1.165) is 15.7 Å². The van der Waals surface area contributed by atoms with Crippen molar-refractivity contribution in [2.45, 2.75) is 13.3 Å².